The van der Waals surface area contributed by atoms with Gasteiger partial charge in [0, 0.05) is 19.1 Å². The number of imidazole rings is 1. The van der Waals surface area contributed by atoms with Crippen molar-refractivity contribution in [3.63, 3.8) is 0 Å². The first-order chi connectivity index (χ1) is 13.6. The van der Waals surface area contributed by atoms with Crippen LogP contribution in [0.15, 0.2) is 43.0 Å². The molecule has 1 saturated heterocycles. The van der Waals surface area contributed by atoms with E-state index in [1.807, 2.05) is 6.07 Å². The van der Waals surface area contributed by atoms with E-state index in [-0.39, 0.29) is 18.1 Å². The number of nitrogens with one attached hydrogen (secondary N) is 1. The average Bonchev–Trinajstić information content (AvgIpc) is 3.30. The number of fused-ring (bicyclic) bond motifs is 1. The SMILES string of the molecule is CO[C@@]1(CO)O[C@@H](n2cnc3c(NC(=O)c4ccccc4)ncnc32)C[C@@H]1O. The summed E-state index contributed by atoms with van der Waals surface area (Å²) in [7, 11) is 1.35. The summed E-state index contributed by atoms with van der Waals surface area (Å²) in [6, 6.07) is 8.75. The van der Waals surface area contributed by atoms with Crippen LogP contribution in [-0.4, -0.2) is 61.2 Å². The molecule has 3 atom stereocenters. The molecule has 0 saturated carbocycles. The molecular weight excluding hydrogens is 366 g/mol. The second kappa shape index (κ2) is 7.24. The Kier molecular flexibility index (Phi) is 4.77. The molecule has 0 aliphatic carbocycles. The van der Waals surface area contributed by atoms with Gasteiger partial charge < -0.3 is 25.0 Å². The molecule has 1 aliphatic rings. The van der Waals surface area contributed by atoms with Gasteiger partial charge >= 0.3 is 0 Å². The van der Waals surface area contributed by atoms with Gasteiger partial charge in [-0.2, -0.15) is 0 Å². The van der Waals surface area contributed by atoms with E-state index < -0.39 is 24.7 Å². The van der Waals surface area contributed by atoms with Crippen LogP contribution in [0.5, 0.6) is 0 Å². The zero-order chi connectivity index (χ0) is 19.7. The lowest BCUT2D eigenvalue weighted by atomic mass is 10.1. The van der Waals surface area contributed by atoms with E-state index in [1.165, 1.54) is 19.8 Å². The van der Waals surface area contributed by atoms with Crippen molar-refractivity contribution in [1.29, 1.82) is 0 Å². The van der Waals surface area contributed by atoms with E-state index in [4.69, 9.17) is 9.47 Å². The predicted octanol–water partition coefficient (Wildman–Crippen LogP) is 0.693. The highest BCUT2D eigenvalue weighted by atomic mass is 16.7. The average molecular weight is 385 g/mol. The van der Waals surface area contributed by atoms with E-state index >= 15 is 0 Å². The summed E-state index contributed by atoms with van der Waals surface area (Å²) >= 11 is 0. The Balaban J connectivity index is 1.64. The van der Waals surface area contributed by atoms with E-state index in [0.717, 1.165) is 0 Å². The van der Waals surface area contributed by atoms with Crippen molar-refractivity contribution in [3.05, 3.63) is 48.5 Å². The van der Waals surface area contributed by atoms with Gasteiger partial charge in [-0.25, -0.2) is 15.0 Å². The highest BCUT2D eigenvalue weighted by Crippen LogP contribution is 2.38. The first-order valence-corrected chi connectivity index (χ1v) is 8.64. The Morgan fingerprint density at radius 3 is 2.82 bits per heavy atom. The van der Waals surface area contributed by atoms with Crippen LogP contribution in [0, 0.1) is 0 Å². The Bertz CT molecular complexity index is 988. The van der Waals surface area contributed by atoms with Crippen LogP contribution < -0.4 is 5.32 Å². The second-order valence-corrected chi connectivity index (χ2v) is 6.36. The summed E-state index contributed by atoms with van der Waals surface area (Å²) in [6.07, 6.45) is 1.29. The van der Waals surface area contributed by atoms with Crippen molar-refractivity contribution < 1.29 is 24.5 Å². The predicted molar refractivity (Wildman–Crippen MR) is 97.3 cm³/mol. The van der Waals surface area contributed by atoms with Gasteiger partial charge in [0.1, 0.15) is 18.7 Å². The fourth-order valence-corrected chi connectivity index (χ4v) is 3.21. The third kappa shape index (κ3) is 3.02. The van der Waals surface area contributed by atoms with Crippen LogP contribution in [0.2, 0.25) is 0 Å². The van der Waals surface area contributed by atoms with Crippen LogP contribution >= 0.6 is 0 Å². The van der Waals surface area contributed by atoms with Crippen LogP contribution in [0.4, 0.5) is 5.82 Å². The molecule has 0 unspecified atom stereocenters. The van der Waals surface area contributed by atoms with Gasteiger partial charge in [0.25, 0.3) is 5.91 Å². The molecule has 1 fully saturated rings. The number of aliphatic hydroxyl groups excluding tert-OH is 2. The minimum absolute atomic E-state index is 0.176. The summed E-state index contributed by atoms with van der Waals surface area (Å²) < 4.78 is 12.5. The molecule has 0 spiro atoms. The minimum Gasteiger partial charge on any atom is -0.391 e. The van der Waals surface area contributed by atoms with Gasteiger partial charge in [-0.1, -0.05) is 18.2 Å². The topological polar surface area (TPSA) is 132 Å². The standard InChI is InChI=1S/C18H19N5O5/c1-27-18(8-24)12(25)7-13(28-18)23-10-21-14-15(19-9-20-16(14)23)22-17(26)11-5-3-2-4-6-11/h2-6,9-10,12-13,24-25H,7-8H2,1H3,(H,19,20,22,26)/t12-,13+,18-/m0/s1. The molecule has 0 radical (unpaired) electrons. The number of carbonyl (C=O) groups excluding carboxylic acids is 1. The number of aliphatic hydroxyl groups is 2. The van der Waals surface area contributed by atoms with Crippen LogP contribution in [0.1, 0.15) is 23.0 Å². The third-order valence-corrected chi connectivity index (χ3v) is 4.77. The molecule has 28 heavy (non-hydrogen) atoms. The van der Waals surface area contributed by atoms with Gasteiger partial charge in [0.2, 0.25) is 5.79 Å². The molecule has 1 aromatic carbocycles. The van der Waals surface area contributed by atoms with Gasteiger partial charge in [0.05, 0.1) is 12.9 Å². The Labute approximate surface area is 159 Å². The molecule has 10 nitrogen and oxygen atoms in total. The van der Waals surface area contributed by atoms with Crippen molar-refractivity contribution in [2.45, 2.75) is 24.5 Å². The number of carbonyl (C=O) groups is 1. The normalized spacial score (nSPS) is 24.5. The lowest BCUT2D eigenvalue weighted by Crippen LogP contribution is -2.44. The van der Waals surface area contributed by atoms with Gasteiger partial charge in [-0.15, -0.1) is 0 Å². The number of anilines is 1. The van der Waals surface area contributed by atoms with E-state index in [0.29, 0.717) is 16.7 Å². The maximum atomic E-state index is 12.4. The number of nitrogens with zero attached hydrogens (tertiary/aromatic N) is 4. The first-order valence-electron chi connectivity index (χ1n) is 8.64. The van der Waals surface area contributed by atoms with Gasteiger partial charge in [-0.3, -0.25) is 9.36 Å². The zero-order valence-electron chi connectivity index (χ0n) is 15.0. The summed E-state index contributed by atoms with van der Waals surface area (Å²) in [5.41, 5.74) is 1.29. The van der Waals surface area contributed by atoms with Crippen molar-refractivity contribution in [3.8, 4) is 0 Å². The smallest absolute Gasteiger partial charge is 0.256 e. The maximum absolute atomic E-state index is 12.4. The molecule has 10 heteroatoms. The molecule has 146 valence electrons. The van der Waals surface area contributed by atoms with Crippen molar-refractivity contribution in [1.82, 2.24) is 19.5 Å². The first kappa shape index (κ1) is 18.4. The number of methoxy groups -OCH3 is 1. The van der Waals surface area contributed by atoms with Crippen molar-refractivity contribution >= 4 is 22.9 Å². The number of amides is 1. The molecule has 1 amide bonds. The molecule has 4 rings (SSSR count). The lowest BCUT2D eigenvalue weighted by molar-refractivity contribution is -0.269. The lowest BCUT2D eigenvalue weighted by Gasteiger charge is -2.28. The summed E-state index contributed by atoms with van der Waals surface area (Å²) in [5, 5.41) is 22.5. The van der Waals surface area contributed by atoms with Crippen LogP contribution in [-0.2, 0) is 9.47 Å². The van der Waals surface area contributed by atoms with Gasteiger partial charge in [0.15, 0.2) is 17.0 Å². The molecular formula is C18H19N5O5. The van der Waals surface area contributed by atoms with Crippen molar-refractivity contribution in [2.24, 2.45) is 0 Å². The molecule has 0 bridgehead atoms. The quantitative estimate of drug-likeness (QED) is 0.585. The largest absolute Gasteiger partial charge is 0.391 e. The molecule has 1 aliphatic heterocycles. The molecule has 3 N–H and O–H groups in total. The number of hydrogen-bond donors (Lipinski definition) is 3. The number of rotatable bonds is 5. The van der Waals surface area contributed by atoms with E-state index in [2.05, 4.69) is 20.3 Å². The number of ether oxygens (including phenoxy) is 2. The van der Waals surface area contributed by atoms with E-state index in [1.54, 1.807) is 28.8 Å². The Hall–Kier alpha value is -2.92. The molecule has 3 aromatic rings. The summed E-state index contributed by atoms with van der Waals surface area (Å²) in [5.74, 6) is -1.56. The minimum atomic E-state index is -1.50. The number of benzene rings is 1. The summed E-state index contributed by atoms with van der Waals surface area (Å²) in [4.78, 5) is 25.0. The molecule has 2 aromatic heterocycles. The maximum Gasteiger partial charge on any atom is 0.256 e. The van der Waals surface area contributed by atoms with E-state index in [9.17, 15) is 15.0 Å². The highest BCUT2D eigenvalue weighted by molar-refractivity contribution is 6.06. The van der Waals surface area contributed by atoms with Gasteiger partial charge in [-0.05, 0) is 12.1 Å². The van der Waals surface area contributed by atoms with Crippen LogP contribution in [0.3, 0.4) is 0 Å². The fraction of sp³-hybridized carbons (Fsp3) is 0.333. The number of aromatic nitrogens is 4. The third-order valence-electron chi connectivity index (χ3n) is 4.77. The Morgan fingerprint density at radius 2 is 2.14 bits per heavy atom. The Morgan fingerprint density at radius 1 is 1.36 bits per heavy atom. The zero-order valence-corrected chi connectivity index (χ0v) is 15.0. The fourth-order valence-electron chi connectivity index (χ4n) is 3.21. The number of hydrogen-bond acceptors (Lipinski definition) is 8. The second-order valence-electron chi connectivity index (χ2n) is 6.36. The van der Waals surface area contributed by atoms with Crippen molar-refractivity contribution in [2.75, 3.05) is 19.0 Å². The highest BCUT2D eigenvalue weighted by Gasteiger charge is 2.49. The van der Waals surface area contributed by atoms with Crippen LogP contribution in [0.25, 0.3) is 11.2 Å². The summed E-state index contributed by atoms with van der Waals surface area (Å²) in [6.45, 7) is -0.499. The molecule has 3 heterocycles. The monoisotopic (exact) mass is 385 g/mol.